The number of carbonyl (C=O) groups is 2. The topological polar surface area (TPSA) is 101 Å². The van der Waals surface area contributed by atoms with Crippen LogP contribution < -0.4 is 0 Å². The first kappa shape index (κ1) is 20.2. The fourth-order valence-corrected chi connectivity index (χ4v) is 4.86. The van der Waals surface area contributed by atoms with E-state index in [1.165, 1.54) is 29.2 Å². The van der Waals surface area contributed by atoms with Crippen molar-refractivity contribution in [2.24, 2.45) is 5.92 Å². The lowest BCUT2D eigenvalue weighted by molar-refractivity contribution is 0.0176. The number of ether oxygens (including phenoxy) is 1. The molecule has 1 saturated heterocycles. The minimum absolute atomic E-state index is 0.179. The molecule has 1 amide bonds. The Kier molecular flexibility index (Phi) is 5.95. The van der Waals surface area contributed by atoms with E-state index in [1.54, 1.807) is 20.8 Å². The number of aromatic carboxylic acids is 1. The van der Waals surface area contributed by atoms with Crippen molar-refractivity contribution in [2.45, 2.75) is 44.1 Å². The number of rotatable bonds is 4. The molecule has 1 heterocycles. The SMILES string of the molecule is CC(C)(C)OC(=O)N1CCCC(CS(=O)(=O)c2ccccc2C(=O)O)C1. The van der Waals surface area contributed by atoms with Crippen LogP contribution in [-0.4, -0.2) is 54.9 Å². The Bertz CT molecular complexity index is 781. The van der Waals surface area contributed by atoms with E-state index in [4.69, 9.17) is 4.74 Å². The lowest BCUT2D eigenvalue weighted by atomic mass is 10.0. The van der Waals surface area contributed by atoms with Crippen LogP contribution in [0.3, 0.4) is 0 Å². The first-order chi connectivity index (χ1) is 12.0. The summed E-state index contributed by atoms with van der Waals surface area (Å²) in [4.78, 5) is 24.9. The third-order valence-electron chi connectivity index (χ3n) is 4.08. The highest BCUT2D eigenvalue weighted by atomic mass is 32.2. The number of carbonyl (C=O) groups excluding carboxylic acids is 1. The lowest BCUT2D eigenvalue weighted by Crippen LogP contribution is -2.44. The standard InChI is InChI=1S/C18H25NO6S/c1-18(2,3)25-17(22)19-10-6-7-13(11-19)12-26(23,24)15-9-5-4-8-14(15)16(20)21/h4-5,8-9,13H,6-7,10-12H2,1-3H3,(H,20,21). The Labute approximate surface area is 153 Å². The maximum atomic E-state index is 12.7. The van der Waals surface area contributed by atoms with Crippen LogP contribution in [-0.2, 0) is 14.6 Å². The van der Waals surface area contributed by atoms with Crippen molar-refractivity contribution in [1.29, 1.82) is 0 Å². The van der Waals surface area contributed by atoms with Crippen molar-refractivity contribution in [3.8, 4) is 0 Å². The molecule has 0 aliphatic carbocycles. The van der Waals surface area contributed by atoms with Gasteiger partial charge in [-0.1, -0.05) is 12.1 Å². The van der Waals surface area contributed by atoms with E-state index in [0.717, 1.165) is 0 Å². The van der Waals surface area contributed by atoms with Gasteiger partial charge in [0.1, 0.15) is 5.60 Å². The van der Waals surface area contributed by atoms with Crippen LogP contribution in [0.5, 0.6) is 0 Å². The minimum Gasteiger partial charge on any atom is -0.478 e. The van der Waals surface area contributed by atoms with Gasteiger partial charge in [0, 0.05) is 13.1 Å². The van der Waals surface area contributed by atoms with Gasteiger partial charge in [-0.05, 0) is 51.7 Å². The van der Waals surface area contributed by atoms with Gasteiger partial charge in [0.05, 0.1) is 16.2 Å². The van der Waals surface area contributed by atoms with Gasteiger partial charge in [0.15, 0.2) is 9.84 Å². The molecule has 1 atom stereocenters. The molecule has 0 bridgehead atoms. The molecular weight excluding hydrogens is 358 g/mol. The first-order valence-electron chi connectivity index (χ1n) is 8.52. The van der Waals surface area contributed by atoms with E-state index in [0.29, 0.717) is 19.4 Å². The molecule has 2 rings (SSSR count). The number of hydrogen-bond acceptors (Lipinski definition) is 5. The fraction of sp³-hybridized carbons (Fsp3) is 0.556. The number of piperidine rings is 1. The number of amides is 1. The maximum absolute atomic E-state index is 12.7. The van der Waals surface area contributed by atoms with Crippen LogP contribution in [0.1, 0.15) is 44.0 Å². The average Bonchev–Trinajstić information content (AvgIpc) is 2.53. The van der Waals surface area contributed by atoms with Gasteiger partial charge in [0.25, 0.3) is 0 Å². The third kappa shape index (κ3) is 5.20. The minimum atomic E-state index is -3.78. The van der Waals surface area contributed by atoms with Gasteiger partial charge in [-0.3, -0.25) is 0 Å². The third-order valence-corrected chi connectivity index (χ3v) is 6.01. The van der Waals surface area contributed by atoms with Crippen molar-refractivity contribution in [3.05, 3.63) is 29.8 Å². The van der Waals surface area contributed by atoms with E-state index in [2.05, 4.69) is 0 Å². The second-order valence-electron chi connectivity index (χ2n) is 7.52. The van der Waals surface area contributed by atoms with Gasteiger partial charge in [-0.15, -0.1) is 0 Å². The first-order valence-corrected chi connectivity index (χ1v) is 10.2. The number of carboxylic acids is 1. The monoisotopic (exact) mass is 383 g/mol. The molecule has 1 fully saturated rings. The number of carboxylic acid groups (broad SMARTS) is 1. The molecule has 0 spiro atoms. The number of hydrogen-bond donors (Lipinski definition) is 1. The summed E-state index contributed by atoms with van der Waals surface area (Å²) in [5.41, 5.74) is -0.844. The Balaban J connectivity index is 2.13. The van der Waals surface area contributed by atoms with Crippen molar-refractivity contribution < 1.29 is 27.9 Å². The summed E-state index contributed by atoms with van der Waals surface area (Å²) in [7, 11) is -3.78. The zero-order valence-corrected chi connectivity index (χ0v) is 16.1. The molecule has 1 aliphatic rings. The quantitative estimate of drug-likeness (QED) is 0.858. The summed E-state index contributed by atoms with van der Waals surface area (Å²) in [5.74, 6) is -1.73. The average molecular weight is 383 g/mol. The zero-order valence-electron chi connectivity index (χ0n) is 15.3. The number of sulfone groups is 1. The molecule has 1 aromatic rings. The van der Waals surface area contributed by atoms with Crippen LogP contribution in [0.2, 0.25) is 0 Å². The molecule has 8 heteroatoms. The molecular formula is C18H25NO6S. The second kappa shape index (κ2) is 7.65. The van der Waals surface area contributed by atoms with E-state index in [9.17, 15) is 23.1 Å². The Morgan fingerprint density at radius 1 is 1.27 bits per heavy atom. The van der Waals surface area contributed by atoms with E-state index in [1.807, 2.05) is 0 Å². The van der Waals surface area contributed by atoms with Gasteiger partial charge >= 0.3 is 12.1 Å². The Morgan fingerprint density at radius 3 is 2.54 bits per heavy atom. The van der Waals surface area contributed by atoms with Crippen LogP contribution in [0, 0.1) is 5.92 Å². The Hall–Kier alpha value is -2.09. The highest BCUT2D eigenvalue weighted by Crippen LogP contribution is 2.25. The maximum Gasteiger partial charge on any atom is 0.410 e. The summed E-state index contributed by atoms with van der Waals surface area (Å²) < 4.78 is 30.8. The van der Waals surface area contributed by atoms with Gasteiger partial charge in [0.2, 0.25) is 0 Å². The second-order valence-corrected chi connectivity index (χ2v) is 9.52. The molecule has 7 nitrogen and oxygen atoms in total. The summed E-state index contributed by atoms with van der Waals surface area (Å²) in [6, 6.07) is 5.59. The number of nitrogens with zero attached hydrogens (tertiary/aromatic N) is 1. The number of benzene rings is 1. The molecule has 0 radical (unpaired) electrons. The largest absolute Gasteiger partial charge is 0.478 e. The molecule has 144 valence electrons. The van der Waals surface area contributed by atoms with Crippen molar-refractivity contribution in [3.63, 3.8) is 0 Å². The van der Waals surface area contributed by atoms with E-state index < -0.39 is 27.5 Å². The molecule has 1 aromatic carbocycles. The molecule has 1 N–H and O–H groups in total. The highest BCUT2D eigenvalue weighted by molar-refractivity contribution is 7.91. The van der Waals surface area contributed by atoms with Gasteiger partial charge in [-0.25, -0.2) is 18.0 Å². The summed E-state index contributed by atoms with van der Waals surface area (Å²) in [5, 5.41) is 9.22. The number of likely N-dealkylation sites (tertiary alicyclic amines) is 1. The summed E-state index contributed by atoms with van der Waals surface area (Å²) >= 11 is 0. The van der Waals surface area contributed by atoms with Crippen LogP contribution >= 0.6 is 0 Å². The van der Waals surface area contributed by atoms with E-state index in [-0.39, 0.29) is 28.7 Å². The predicted octanol–water partition coefficient (Wildman–Crippen LogP) is 2.81. The van der Waals surface area contributed by atoms with Crippen molar-refractivity contribution >= 4 is 21.9 Å². The molecule has 26 heavy (non-hydrogen) atoms. The van der Waals surface area contributed by atoms with Crippen LogP contribution in [0.25, 0.3) is 0 Å². The molecule has 1 unspecified atom stereocenters. The van der Waals surface area contributed by atoms with Crippen molar-refractivity contribution in [2.75, 3.05) is 18.8 Å². The molecule has 1 aliphatic heterocycles. The molecule has 0 aromatic heterocycles. The Morgan fingerprint density at radius 2 is 1.92 bits per heavy atom. The van der Waals surface area contributed by atoms with Gasteiger partial charge in [-0.2, -0.15) is 0 Å². The lowest BCUT2D eigenvalue weighted by Gasteiger charge is -2.34. The smallest absolute Gasteiger partial charge is 0.410 e. The van der Waals surface area contributed by atoms with Crippen LogP contribution in [0.4, 0.5) is 4.79 Å². The summed E-state index contributed by atoms with van der Waals surface area (Å²) in [6.07, 6.45) is 0.888. The van der Waals surface area contributed by atoms with Crippen molar-refractivity contribution in [1.82, 2.24) is 4.90 Å². The predicted molar refractivity (Wildman–Crippen MR) is 96.0 cm³/mol. The molecule has 0 saturated carbocycles. The highest BCUT2D eigenvalue weighted by Gasteiger charge is 2.32. The normalized spacial score (nSPS) is 18.4. The van der Waals surface area contributed by atoms with Crippen LogP contribution in [0.15, 0.2) is 29.2 Å². The van der Waals surface area contributed by atoms with E-state index >= 15 is 0 Å². The van der Waals surface area contributed by atoms with Gasteiger partial charge < -0.3 is 14.7 Å². The zero-order chi connectivity index (χ0) is 19.5. The summed E-state index contributed by atoms with van der Waals surface area (Å²) in [6.45, 7) is 6.14. The fourth-order valence-electron chi connectivity index (χ4n) is 3.01.